The molecule has 0 saturated heterocycles. The highest BCUT2D eigenvalue weighted by Gasteiger charge is 2.21. The van der Waals surface area contributed by atoms with Crippen molar-refractivity contribution in [1.29, 1.82) is 0 Å². The first-order chi connectivity index (χ1) is 14.5. The maximum absolute atomic E-state index is 13.6. The van der Waals surface area contributed by atoms with E-state index < -0.39 is 11.2 Å². The van der Waals surface area contributed by atoms with E-state index in [1.165, 1.54) is 23.7 Å². The van der Waals surface area contributed by atoms with Gasteiger partial charge in [0.2, 0.25) is 0 Å². The molecule has 0 saturated carbocycles. The smallest absolute Gasteiger partial charge is 0.311 e. The van der Waals surface area contributed by atoms with Gasteiger partial charge in [0.1, 0.15) is 5.82 Å². The lowest BCUT2D eigenvalue weighted by atomic mass is 10.1. The van der Waals surface area contributed by atoms with Gasteiger partial charge >= 0.3 is 5.69 Å². The summed E-state index contributed by atoms with van der Waals surface area (Å²) in [5.74, 6) is -0.367. The zero-order chi connectivity index (χ0) is 21.0. The monoisotopic (exact) mass is 400 g/mol. The molecule has 6 nitrogen and oxygen atoms in total. The van der Waals surface area contributed by atoms with E-state index in [0.717, 1.165) is 21.2 Å². The fraction of sp³-hybridized carbons (Fsp3) is 0.0870. The van der Waals surface area contributed by atoms with Gasteiger partial charge < -0.3 is 4.57 Å². The molecule has 0 atom stereocenters. The molecule has 5 rings (SSSR count). The lowest BCUT2D eigenvalue weighted by molar-refractivity contribution is 0.628. The number of halogens is 1. The molecule has 0 amide bonds. The first kappa shape index (κ1) is 18.1. The van der Waals surface area contributed by atoms with E-state index >= 15 is 0 Å². The molecule has 148 valence electrons. The van der Waals surface area contributed by atoms with Crippen LogP contribution in [0.3, 0.4) is 0 Å². The topological polar surface area (TPSA) is 61.8 Å². The van der Waals surface area contributed by atoms with Gasteiger partial charge in [-0.3, -0.25) is 18.9 Å². The molecular formula is C23H17FN4O2. The minimum absolute atomic E-state index is 0.367. The molecule has 2 aromatic carbocycles. The van der Waals surface area contributed by atoms with E-state index in [1.54, 1.807) is 31.6 Å². The van der Waals surface area contributed by atoms with Gasteiger partial charge in [-0.1, -0.05) is 18.2 Å². The van der Waals surface area contributed by atoms with Crippen LogP contribution in [0, 0.1) is 5.82 Å². The minimum Gasteiger partial charge on any atom is -0.311 e. The third kappa shape index (κ3) is 2.52. The summed E-state index contributed by atoms with van der Waals surface area (Å²) in [4.78, 5) is 30.1. The molecule has 0 aliphatic rings. The molecule has 0 radical (unpaired) electrons. The molecule has 5 aromatic rings. The summed E-state index contributed by atoms with van der Waals surface area (Å²) >= 11 is 0. The predicted molar refractivity (Wildman–Crippen MR) is 114 cm³/mol. The van der Waals surface area contributed by atoms with Gasteiger partial charge in [0.25, 0.3) is 5.56 Å². The van der Waals surface area contributed by atoms with Crippen LogP contribution >= 0.6 is 0 Å². The molecule has 0 aliphatic heterocycles. The zero-order valence-corrected chi connectivity index (χ0v) is 16.3. The van der Waals surface area contributed by atoms with E-state index in [-0.39, 0.29) is 5.82 Å². The van der Waals surface area contributed by atoms with Gasteiger partial charge in [-0.2, -0.15) is 0 Å². The van der Waals surface area contributed by atoms with Crippen molar-refractivity contribution in [3.8, 4) is 16.9 Å². The number of nitrogens with zero attached hydrogens (tertiary/aromatic N) is 4. The van der Waals surface area contributed by atoms with E-state index in [1.807, 2.05) is 34.9 Å². The molecule has 0 fully saturated rings. The second kappa shape index (κ2) is 6.52. The Balaban J connectivity index is 2.00. The number of hydrogen-bond donors (Lipinski definition) is 0. The second-order valence-corrected chi connectivity index (χ2v) is 7.17. The molecular weight excluding hydrogens is 383 g/mol. The first-order valence-electron chi connectivity index (χ1n) is 9.38. The van der Waals surface area contributed by atoms with E-state index in [9.17, 15) is 14.0 Å². The molecule has 0 N–H and O–H groups in total. The SMILES string of the molecule is Cn1c(=O)c2c(-c3ccc(F)cc3)n(-c3cccc4cccnc34)cc2n(C)c1=O. The Labute approximate surface area is 170 Å². The number of pyridine rings is 1. The van der Waals surface area contributed by atoms with Crippen LogP contribution in [0.1, 0.15) is 0 Å². The molecule has 0 unspecified atom stereocenters. The summed E-state index contributed by atoms with van der Waals surface area (Å²) in [6.45, 7) is 0. The van der Waals surface area contributed by atoms with Crippen molar-refractivity contribution >= 4 is 21.8 Å². The number of hydrogen-bond acceptors (Lipinski definition) is 3. The van der Waals surface area contributed by atoms with Crippen molar-refractivity contribution < 1.29 is 4.39 Å². The Bertz CT molecular complexity index is 1550. The van der Waals surface area contributed by atoms with E-state index in [0.29, 0.717) is 22.2 Å². The number of benzene rings is 2. The number of fused-ring (bicyclic) bond motifs is 2. The number of aryl methyl sites for hydroxylation is 1. The number of para-hydroxylation sites is 1. The van der Waals surface area contributed by atoms with Crippen LogP contribution in [-0.4, -0.2) is 18.7 Å². The molecule has 0 spiro atoms. The van der Waals surface area contributed by atoms with Gasteiger partial charge in [-0.25, -0.2) is 9.18 Å². The molecule has 30 heavy (non-hydrogen) atoms. The third-order valence-electron chi connectivity index (χ3n) is 5.43. The lowest BCUT2D eigenvalue weighted by Crippen LogP contribution is -2.36. The van der Waals surface area contributed by atoms with E-state index in [2.05, 4.69) is 4.98 Å². The van der Waals surface area contributed by atoms with Crippen molar-refractivity contribution in [1.82, 2.24) is 18.7 Å². The number of aromatic nitrogens is 4. The van der Waals surface area contributed by atoms with Gasteiger partial charge in [-0.05, 0) is 42.0 Å². The molecule has 3 aromatic heterocycles. The Morgan fingerprint density at radius 2 is 1.63 bits per heavy atom. The van der Waals surface area contributed by atoms with Gasteiger partial charge in [0.05, 0.1) is 27.8 Å². The normalized spacial score (nSPS) is 11.4. The summed E-state index contributed by atoms with van der Waals surface area (Å²) in [6, 6.07) is 15.6. The van der Waals surface area contributed by atoms with Crippen LogP contribution in [-0.2, 0) is 14.1 Å². The van der Waals surface area contributed by atoms with Gasteiger partial charge in [0.15, 0.2) is 0 Å². The Hall–Kier alpha value is -4.00. The standard InChI is InChI=1S/C23H17FN4O2/c1-26-18-13-28(17-7-3-5-14-6-4-12-25-20(14)17)21(15-8-10-16(24)11-9-15)19(18)22(29)27(2)23(26)30/h3-13H,1-2H3. The minimum atomic E-state index is -0.411. The second-order valence-electron chi connectivity index (χ2n) is 7.17. The highest BCUT2D eigenvalue weighted by Crippen LogP contribution is 2.33. The summed E-state index contributed by atoms with van der Waals surface area (Å²) in [5, 5.41) is 1.33. The zero-order valence-electron chi connectivity index (χ0n) is 16.3. The highest BCUT2D eigenvalue weighted by molar-refractivity contribution is 5.97. The van der Waals surface area contributed by atoms with Crippen molar-refractivity contribution in [2.45, 2.75) is 0 Å². The van der Waals surface area contributed by atoms with Crippen LogP contribution in [0.2, 0.25) is 0 Å². The molecule has 0 aliphatic carbocycles. The molecule has 7 heteroatoms. The van der Waals surface area contributed by atoms with Crippen LogP contribution in [0.4, 0.5) is 4.39 Å². The van der Waals surface area contributed by atoms with Crippen molar-refractivity contribution in [3.05, 3.63) is 93.6 Å². The molecule has 0 bridgehead atoms. The van der Waals surface area contributed by atoms with Crippen LogP contribution in [0.25, 0.3) is 38.8 Å². The first-order valence-corrected chi connectivity index (χ1v) is 9.38. The van der Waals surface area contributed by atoms with Crippen LogP contribution < -0.4 is 11.2 Å². The van der Waals surface area contributed by atoms with Crippen LogP contribution in [0.15, 0.2) is 76.6 Å². The largest absolute Gasteiger partial charge is 0.330 e. The number of rotatable bonds is 2. The highest BCUT2D eigenvalue weighted by atomic mass is 19.1. The van der Waals surface area contributed by atoms with Crippen molar-refractivity contribution in [3.63, 3.8) is 0 Å². The summed E-state index contributed by atoms with van der Waals surface area (Å²) in [6.07, 6.45) is 3.47. The average Bonchev–Trinajstić information content (AvgIpc) is 3.17. The average molecular weight is 400 g/mol. The maximum Gasteiger partial charge on any atom is 0.330 e. The summed E-state index contributed by atoms with van der Waals surface area (Å²) < 4.78 is 18.0. The maximum atomic E-state index is 13.6. The van der Waals surface area contributed by atoms with Gasteiger partial charge in [-0.15, -0.1) is 0 Å². The summed E-state index contributed by atoms with van der Waals surface area (Å²) in [5.41, 5.74) is 2.44. The Morgan fingerprint density at radius 3 is 2.40 bits per heavy atom. The van der Waals surface area contributed by atoms with Crippen molar-refractivity contribution in [2.24, 2.45) is 14.1 Å². The predicted octanol–water partition coefficient (Wildman–Crippen LogP) is 3.38. The van der Waals surface area contributed by atoms with Crippen molar-refractivity contribution in [2.75, 3.05) is 0 Å². The van der Waals surface area contributed by atoms with E-state index in [4.69, 9.17) is 0 Å². The fourth-order valence-electron chi connectivity index (χ4n) is 3.90. The Morgan fingerprint density at radius 1 is 0.900 bits per heavy atom. The lowest BCUT2D eigenvalue weighted by Gasteiger charge is -2.12. The quantitative estimate of drug-likeness (QED) is 0.456. The summed E-state index contributed by atoms with van der Waals surface area (Å²) in [7, 11) is 3.08. The molecule has 3 heterocycles. The van der Waals surface area contributed by atoms with Crippen LogP contribution in [0.5, 0.6) is 0 Å². The van der Waals surface area contributed by atoms with Gasteiger partial charge in [0, 0.05) is 31.9 Å². The third-order valence-corrected chi connectivity index (χ3v) is 5.43. The fourth-order valence-corrected chi connectivity index (χ4v) is 3.90. The Kier molecular flexibility index (Phi) is 3.92.